The molecule has 1 aliphatic rings. The van der Waals surface area contributed by atoms with Gasteiger partial charge in [-0.2, -0.15) is 0 Å². The Kier molecular flexibility index (Phi) is 5.16. The first kappa shape index (κ1) is 14.3. The van der Waals surface area contributed by atoms with Gasteiger partial charge in [0.2, 0.25) is 0 Å². The highest BCUT2D eigenvalue weighted by Gasteiger charge is 2.23. The van der Waals surface area contributed by atoms with Crippen molar-refractivity contribution in [2.24, 2.45) is 7.05 Å². The van der Waals surface area contributed by atoms with Gasteiger partial charge in [-0.3, -0.25) is 9.69 Å². The van der Waals surface area contributed by atoms with Crippen LogP contribution in [0.3, 0.4) is 0 Å². The van der Waals surface area contributed by atoms with E-state index in [1.807, 2.05) is 30.1 Å². The molecule has 4 nitrogen and oxygen atoms in total. The van der Waals surface area contributed by atoms with E-state index in [9.17, 15) is 9.90 Å². The zero-order chi connectivity index (χ0) is 13.7. The number of Topliss-reactive ketones (excluding diaryl/α,β-unsaturated/α-hetero) is 1. The van der Waals surface area contributed by atoms with Crippen LogP contribution in [-0.2, 0) is 7.05 Å². The fourth-order valence-electron chi connectivity index (χ4n) is 2.91. The van der Waals surface area contributed by atoms with E-state index >= 15 is 0 Å². The Morgan fingerprint density at radius 3 is 2.74 bits per heavy atom. The van der Waals surface area contributed by atoms with Crippen molar-refractivity contribution in [3.05, 3.63) is 24.0 Å². The highest BCUT2D eigenvalue weighted by atomic mass is 16.3. The van der Waals surface area contributed by atoms with Crippen LogP contribution in [0.4, 0.5) is 0 Å². The number of nitrogens with zero attached hydrogens (tertiary/aromatic N) is 2. The molecule has 1 aromatic heterocycles. The number of aryl methyl sites for hydroxylation is 1. The molecule has 1 fully saturated rings. The lowest BCUT2D eigenvalue weighted by Crippen LogP contribution is -2.41. The molecule has 0 spiro atoms. The van der Waals surface area contributed by atoms with Gasteiger partial charge in [-0.05, 0) is 18.9 Å². The molecule has 2 rings (SSSR count). The number of rotatable bonds is 6. The molecule has 0 unspecified atom stereocenters. The van der Waals surface area contributed by atoms with Crippen LogP contribution in [0.1, 0.15) is 42.5 Å². The Morgan fingerprint density at radius 1 is 1.42 bits per heavy atom. The van der Waals surface area contributed by atoms with E-state index in [0.29, 0.717) is 19.1 Å². The average Bonchev–Trinajstić information content (AvgIpc) is 2.86. The molecule has 0 radical (unpaired) electrons. The van der Waals surface area contributed by atoms with E-state index in [4.69, 9.17) is 0 Å². The van der Waals surface area contributed by atoms with Gasteiger partial charge < -0.3 is 9.67 Å². The monoisotopic (exact) mass is 264 g/mol. The predicted molar refractivity (Wildman–Crippen MR) is 75.3 cm³/mol. The molecule has 1 saturated carbocycles. The zero-order valence-corrected chi connectivity index (χ0v) is 11.7. The molecule has 0 atom stereocenters. The van der Waals surface area contributed by atoms with Crippen molar-refractivity contribution in [2.75, 3.05) is 19.7 Å². The largest absolute Gasteiger partial charge is 0.395 e. The molecular weight excluding hydrogens is 240 g/mol. The molecule has 19 heavy (non-hydrogen) atoms. The van der Waals surface area contributed by atoms with Crippen LogP contribution in [-0.4, -0.2) is 46.1 Å². The van der Waals surface area contributed by atoms with Crippen molar-refractivity contribution >= 4 is 5.78 Å². The lowest BCUT2D eigenvalue weighted by atomic mass is 9.94. The maximum absolute atomic E-state index is 12.2. The van der Waals surface area contributed by atoms with Crippen LogP contribution < -0.4 is 0 Å². The lowest BCUT2D eigenvalue weighted by Gasteiger charge is -2.33. The fourth-order valence-corrected chi connectivity index (χ4v) is 2.91. The smallest absolute Gasteiger partial charge is 0.178 e. The minimum Gasteiger partial charge on any atom is -0.395 e. The summed E-state index contributed by atoms with van der Waals surface area (Å²) in [5.41, 5.74) is 0.765. The maximum Gasteiger partial charge on any atom is 0.178 e. The number of aliphatic hydroxyl groups is 1. The number of ketones is 1. The van der Waals surface area contributed by atoms with Crippen LogP contribution >= 0.6 is 0 Å². The Labute approximate surface area is 115 Å². The maximum atomic E-state index is 12.2. The van der Waals surface area contributed by atoms with Crippen LogP contribution in [0.15, 0.2) is 18.5 Å². The first-order valence-corrected chi connectivity index (χ1v) is 7.21. The van der Waals surface area contributed by atoms with Crippen molar-refractivity contribution in [3.8, 4) is 0 Å². The van der Waals surface area contributed by atoms with Crippen LogP contribution in [0, 0.1) is 0 Å². The summed E-state index contributed by atoms with van der Waals surface area (Å²) in [7, 11) is 1.92. The van der Waals surface area contributed by atoms with Gasteiger partial charge in [0.15, 0.2) is 5.78 Å². The van der Waals surface area contributed by atoms with Gasteiger partial charge in [0.05, 0.1) is 13.2 Å². The first-order valence-electron chi connectivity index (χ1n) is 7.21. The fraction of sp³-hybridized carbons (Fsp3) is 0.667. The van der Waals surface area contributed by atoms with Gasteiger partial charge in [-0.1, -0.05) is 19.3 Å². The van der Waals surface area contributed by atoms with E-state index in [0.717, 1.165) is 18.4 Å². The van der Waals surface area contributed by atoms with E-state index in [1.54, 1.807) is 0 Å². The Balaban J connectivity index is 1.97. The highest BCUT2D eigenvalue weighted by molar-refractivity contribution is 5.97. The third kappa shape index (κ3) is 3.91. The predicted octanol–water partition coefficient (Wildman–Crippen LogP) is 1.83. The van der Waals surface area contributed by atoms with Crippen molar-refractivity contribution in [1.82, 2.24) is 9.47 Å². The van der Waals surface area contributed by atoms with Gasteiger partial charge in [-0.15, -0.1) is 0 Å². The molecule has 1 aliphatic carbocycles. The number of carbonyl (C=O) groups is 1. The van der Waals surface area contributed by atoms with Crippen molar-refractivity contribution < 1.29 is 9.90 Å². The third-order valence-corrected chi connectivity index (χ3v) is 3.98. The topological polar surface area (TPSA) is 45.5 Å². The standard InChI is InChI=1S/C15H24N2O2/c1-16-8-7-13(11-16)15(19)12-17(9-10-18)14-5-3-2-4-6-14/h7-8,11,14,18H,2-6,9-10,12H2,1H3. The minimum atomic E-state index is 0.124. The van der Waals surface area contributed by atoms with Crippen LogP contribution in [0.5, 0.6) is 0 Å². The molecule has 0 amide bonds. The summed E-state index contributed by atoms with van der Waals surface area (Å²) in [6.07, 6.45) is 9.85. The van der Waals surface area contributed by atoms with Gasteiger partial charge >= 0.3 is 0 Å². The molecule has 106 valence electrons. The second-order valence-corrected chi connectivity index (χ2v) is 5.47. The molecule has 1 aromatic rings. The molecule has 4 heteroatoms. The summed E-state index contributed by atoms with van der Waals surface area (Å²) >= 11 is 0. The van der Waals surface area contributed by atoms with Crippen molar-refractivity contribution in [3.63, 3.8) is 0 Å². The summed E-state index contributed by atoms with van der Waals surface area (Å²) in [5.74, 6) is 0.152. The molecule has 1 N–H and O–H groups in total. The van der Waals surface area contributed by atoms with Gasteiger partial charge in [0.25, 0.3) is 0 Å². The molecule has 0 bridgehead atoms. The first-order chi connectivity index (χ1) is 9.20. The van der Waals surface area contributed by atoms with Gasteiger partial charge in [0.1, 0.15) is 0 Å². The second kappa shape index (κ2) is 6.87. The summed E-state index contributed by atoms with van der Waals surface area (Å²) in [6.45, 7) is 1.15. The van der Waals surface area contributed by atoms with E-state index in [2.05, 4.69) is 4.90 Å². The third-order valence-electron chi connectivity index (χ3n) is 3.98. The Hall–Kier alpha value is -1.13. The zero-order valence-electron chi connectivity index (χ0n) is 11.7. The Bertz CT molecular complexity index is 408. The van der Waals surface area contributed by atoms with E-state index in [1.165, 1.54) is 19.3 Å². The minimum absolute atomic E-state index is 0.124. The highest BCUT2D eigenvalue weighted by Crippen LogP contribution is 2.22. The van der Waals surface area contributed by atoms with Gasteiger partial charge in [-0.25, -0.2) is 0 Å². The second-order valence-electron chi connectivity index (χ2n) is 5.47. The summed E-state index contributed by atoms with van der Waals surface area (Å²) in [5, 5.41) is 9.20. The molecular formula is C15H24N2O2. The average molecular weight is 264 g/mol. The van der Waals surface area contributed by atoms with E-state index in [-0.39, 0.29) is 12.4 Å². The number of hydrogen-bond donors (Lipinski definition) is 1. The molecule has 0 saturated heterocycles. The number of aromatic nitrogens is 1. The molecule has 0 aliphatic heterocycles. The van der Waals surface area contributed by atoms with Crippen LogP contribution in [0.2, 0.25) is 0 Å². The summed E-state index contributed by atoms with van der Waals surface area (Å²) in [6, 6.07) is 2.33. The number of carbonyl (C=O) groups excluding carboxylic acids is 1. The normalized spacial score (nSPS) is 17.0. The Morgan fingerprint density at radius 2 is 2.16 bits per heavy atom. The summed E-state index contributed by atoms with van der Waals surface area (Å²) in [4.78, 5) is 14.4. The van der Waals surface area contributed by atoms with E-state index < -0.39 is 0 Å². The van der Waals surface area contributed by atoms with Gasteiger partial charge in [0, 0.05) is 37.6 Å². The van der Waals surface area contributed by atoms with Crippen molar-refractivity contribution in [2.45, 2.75) is 38.1 Å². The number of aliphatic hydroxyl groups excluding tert-OH is 1. The SMILES string of the molecule is Cn1ccc(C(=O)CN(CCO)C2CCCCC2)c1. The molecule has 0 aromatic carbocycles. The summed E-state index contributed by atoms with van der Waals surface area (Å²) < 4.78 is 1.89. The number of hydrogen-bond acceptors (Lipinski definition) is 3. The van der Waals surface area contributed by atoms with Crippen molar-refractivity contribution in [1.29, 1.82) is 0 Å². The van der Waals surface area contributed by atoms with Crippen LogP contribution in [0.25, 0.3) is 0 Å². The lowest BCUT2D eigenvalue weighted by molar-refractivity contribution is 0.0814. The molecule has 1 heterocycles. The quantitative estimate of drug-likeness (QED) is 0.797.